The monoisotopic (exact) mass is 597 g/mol. The van der Waals surface area contributed by atoms with Crippen molar-refractivity contribution in [3.8, 4) is 34.1 Å². The molecule has 228 valence electrons. The van der Waals surface area contributed by atoms with Crippen molar-refractivity contribution in [2.45, 2.75) is 33.1 Å². The van der Waals surface area contributed by atoms with E-state index in [0.717, 1.165) is 44.6 Å². The van der Waals surface area contributed by atoms with E-state index in [-0.39, 0.29) is 23.0 Å². The van der Waals surface area contributed by atoms with Gasteiger partial charge in [-0.15, -0.1) is 0 Å². The summed E-state index contributed by atoms with van der Waals surface area (Å²) in [6.07, 6.45) is 5.99. The predicted molar refractivity (Wildman–Crippen MR) is 171 cm³/mol. The van der Waals surface area contributed by atoms with Crippen LogP contribution in [0.5, 0.6) is 23.0 Å². The lowest BCUT2D eigenvalue weighted by Crippen LogP contribution is -2.27. The number of ether oxygens (including phenoxy) is 2. The number of para-hydroxylation sites is 1. The maximum atomic E-state index is 15.2. The largest absolute Gasteiger partial charge is 0.504 e. The summed E-state index contributed by atoms with van der Waals surface area (Å²) in [5.41, 5.74) is 1.45. The van der Waals surface area contributed by atoms with Gasteiger partial charge < -0.3 is 24.8 Å². The van der Waals surface area contributed by atoms with Crippen LogP contribution in [0.15, 0.2) is 83.9 Å². The predicted octanol–water partition coefficient (Wildman–Crippen LogP) is 7.26. The normalized spacial score (nSPS) is 11.2. The van der Waals surface area contributed by atoms with E-state index in [1.807, 2.05) is 30.3 Å². The molecule has 3 aromatic carbocycles. The Kier molecular flexibility index (Phi) is 10.0. The van der Waals surface area contributed by atoms with Crippen molar-refractivity contribution in [3.05, 3.63) is 95.3 Å². The molecule has 0 aliphatic carbocycles. The van der Waals surface area contributed by atoms with Gasteiger partial charge in [0.1, 0.15) is 5.75 Å². The van der Waals surface area contributed by atoms with Crippen molar-refractivity contribution in [2.75, 3.05) is 31.6 Å². The van der Waals surface area contributed by atoms with Gasteiger partial charge in [-0.25, -0.2) is 9.37 Å². The number of H-pyrrole nitrogens is 1. The molecule has 0 spiro atoms. The lowest BCUT2D eigenvalue weighted by atomic mass is 10.1. The van der Waals surface area contributed by atoms with Crippen LogP contribution in [-0.2, 0) is 0 Å². The lowest BCUT2D eigenvalue weighted by molar-refractivity contribution is 0.230. The topological polar surface area (TPSA) is 113 Å². The molecule has 0 atom stereocenters. The number of benzene rings is 3. The smallest absolute Gasteiger partial charge is 0.260 e. The fourth-order valence-electron chi connectivity index (χ4n) is 4.97. The Hall–Kier alpha value is -4.96. The summed E-state index contributed by atoms with van der Waals surface area (Å²) < 4.78 is 27.0. The van der Waals surface area contributed by atoms with Gasteiger partial charge >= 0.3 is 0 Å². The number of fused-ring (bicyclic) bond motifs is 1. The molecule has 0 saturated carbocycles. The number of rotatable bonds is 14. The van der Waals surface area contributed by atoms with E-state index in [0.29, 0.717) is 34.6 Å². The van der Waals surface area contributed by atoms with Gasteiger partial charge in [0.2, 0.25) is 5.95 Å². The molecule has 0 fully saturated rings. The van der Waals surface area contributed by atoms with Gasteiger partial charge in [-0.1, -0.05) is 38.1 Å². The quantitative estimate of drug-likeness (QED) is 0.115. The minimum absolute atomic E-state index is 0.0449. The number of halogens is 1. The van der Waals surface area contributed by atoms with Crippen LogP contribution in [0.3, 0.4) is 0 Å². The number of anilines is 2. The first-order chi connectivity index (χ1) is 21.4. The average molecular weight is 598 g/mol. The molecule has 9 nitrogen and oxygen atoms in total. The van der Waals surface area contributed by atoms with Crippen molar-refractivity contribution in [3.63, 3.8) is 0 Å². The minimum Gasteiger partial charge on any atom is -0.504 e. The molecule has 10 heteroatoms. The van der Waals surface area contributed by atoms with Crippen molar-refractivity contribution >= 4 is 22.5 Å². The number of aromatic amines is 1. The molecule has 0 amide bonds. The molecule has 0 unspecified atom stereocenters. The van der Waals surface area contributed by atoms with Gasteiger partial charge in [-0.05, 0) is 74.3 Å². The molecule has 2 heterocycles. The van der Waals surface area contributed by atoms with Crippen LogP contribution in [0.25, 0.3) is 22.0 Å². The number of aromatic hydroxyl groups is 1. The van der Waals surface area contributed by atoms with Gasteiger partial charge in [-0.3, -0.25) is 14.8 Å². The summed E-state index contributed by atoms with van der Waals surface area (Å²) in [7, 11) is 0. The SMILES string of the molecule is CCCN(CCC)CCCOc1cc2nccc(Oc3ccc(-c4cnc(Nc5ccccc5)[nH]c4=O)cc3F)c2cc1O. The molecule has 0 aliphatic rings. The van der Waals surface area contributed by atoms with Crippen LogP contribution >= 0.6 is 0 Å². The van der Waals surface area contributed by atoms with Crippen LogP contribution in [0.4, 0.5) is 16.0 Å². The number of pyridine rings is 1. The van der Waals surface area contributed by atoms with E-state index < -0.39 is 11.4 Å². The first-order valence-corrected chi connectivity index (χ1v) is 14.8. The zero-order valence-electron chi connectivity index (χ0n) is 24.8. The van der Waals surface area contributed by atoms with E-state index in [2.05, 4.69) is 39.0 Å². The van der Waals surface area contributed by atoms with Gasteiger partial charge in [-0.2, -0.15) is 0 Å². The Morgan fingerprint density at radius 3 is 2.45 bits per heavy atom. The number of hydrogen-bond donors (Lipinski definition) is 3. The molecular formula is C34H36FN5O4. The lowest BCUT2D eigenvalue weighted by Gasteiger charge is -2.20. The zero-order chi connectivity index (χ0) is 30.9. The molecule has 5 rings (SSSR count). The number of phenolic OH excluding ortho intramolecular Hbond substituents is 1. The highest BCUT2D eigenvalue weighted by Gasteiger charge is 2.15. The molecule has 0 bridgehead atoms. The second kappa shape index (κ2) is 14.5. The third kappa shape index (κ3) is 7.51. The van der Waals surface area contributed by atoms with Crippen molar-refractivity contribution in [1.29, 1.82) is 0 Å². The Morgan fingerprint density at radius 1 is 0.932 bits per heavy atom. The second-order valence-electron chi connectivity index (χ2n) is 10.4. The van der Waals surface area contributed by atoms with Gasteiger partial charge in [0, 0.05) is 36.1 Å². The minimum atomic E-state index is -0.664. The highest BCUT2D eigenvalue weighted by atomic mass is 19.1. The van der Waals surface area contributed by atoms with Gasteiger partial charge in [0.15, 0.2) is 23.1 Å². The van der Waals surface area contributed by atoms with Gasteiger partial charge in [0.05, 0.1) is 17.7 Å². The highest BCUT2D eigenvalue weighted by Crippen LogP contribution is 2.37. The molecule has 44 heavy (non-hydrogen) atoms. The van der Waals surface area contributed by atoms with Crippen LogP contribution in [0.2, 0.25) is 0 Å². The fraction of sp³-hybridized carbons (Fsp3) is 0.265. The molecule has 3 N–H and O–H groups in total. The summed E-state index contributed by atoms with van der Waals surface area (Å²) in [6.45, 7) is 7.85. The zero-order valence-corrected chi connectivity index (χ0v) is 24.8. The van der Waals surface area contributed by atoms with E-state index in [4.69, 9.17) is 9.47 Å². The number of hydrogen-bond acceptors (Lipinski definition) is 8. The standard InChI is InChI=1S/C34H36FN5O4/c1-3-15-40(16-4-2)17-8-18-43-32-21-28-25(20-29(32)41)30(13-14-36-28)44-31-12-11-23(19-27(31)35)26-22-37-34(39-33(26)42)38-24-9-6-5-7-10-24/h5-7,9-14,19-22,41H,3-4,8,15-18H2,1-2H3,(H2,37,38,39,42). The summed E-state index contributed by atoms with van der Waals surface area (Å²) in [5, 5.41) is 14.2. The average Bonchev–Trinajstić information content (AvgIpc) is 3.01. The highest BCUT2D eigenvalue weighted by molar-refractivity contribution is 5.88. The summed E-state index contributed by atoms with van der Waals surface area (Å²) in [4.78, 5) is 26.5. The third-order valence-electron chi connectivity index (χ3n) is 7.04. The summed E-state index contributed by atoms with van der Waals surface area (Å²) in [6, 6.07) is 18.3. The Bertz CT molecular complexity index is 1760. The van der Waals surface area contributed by atoms with Crippen molar-refractivity contribution < 1.29 is 19.0 Å². The molecule has 2 aromatic heterocycles. The van der Waals surface area contributed by atoms with E-state index in [9.17, 15) is 9.90 Å². The maximum Gasteiger partial charge on any atom is 0.260 e. The first kappa shape index (κ1) is 30.5. The molecule has 0 saturated heterocycles. The van der Waals surface area contributed by atoms with Crippen LogP contribution in [0.1, 0.15) is 33.1 Å². The second-order valence-corrected chi connectivity index (χ2v) is 10.4. The number of phenols is 1. The number of aromatic nitrogens is 3. The molecular weight excluding hydrogens is 561 g/mol. The Morgan fingerprint density at radius 2 is 1.73 bits per heavy atom. The third-order valence-corrected chi connectivity index (χ3v) is 7.04. The number of nitrogens with zero attached hydrogens (tertiary/aromatic N) is 3. The van der Waals surface area contributed by atoms with Crippen LogP contribution in [-0.4, -0.2) is 51.2 Å². The van der Waals surface area contributed by atoms with Crippen molar-refractivity contribution in [2.24, 2.45) is 0 Å². The molecule has 5 aromatic rings. The molecule has 0 aliphatic heterocycles. The fourth-order valence-corrected chi connectivity index (χ4v) is 4.97. The maximum absolute atomic E-state index is 15.2. The summed E-state index contributed by atoms with van der Waals surface area (Å²) >= 11 is 0. The van der Waals surface area contributed by atoms with Crippen molar-refractivity contribution in [1.82, 2.24) is 19.9 Å². The van der Waals surface area contributed by atoms with E-state index >= 15 is 4.39 Å². The van der Waals surface area contributed by atoms with E-state index in [1.54, 1.807) is 24.4 Å². The summed E-state index contributed by atoms with van der Waals surface area (Å²) in [5.74, 6) is 0.159. The van der Waals surface area contributed by atoms with Gasteiger partial charge in [0.25, 0.3) is 5.56 Å². The Balaban J connectivity index is 1.28. The van der Waals surface area contributed by atoms with E-state index in [1.165, 1.54) is 24.4 Å². The first-order valence-electron chi connectivity index (χ1n) is 14.8. The molecule has 0 radical (unpaired) electrons. The van der Waals surface area contributed by atoms with Crippen LogP contribution in [0, 0.1) is 5.82 Å². The van der Waals surface area contributed by atoms with Crippen LogP contribution < -0.4 is 20.3 Å². The Labute approximate surface area is 255 Å². The number of nitrogens with one attached hydrogen (secondary N) is 2.